The number of amides is 2. The Kier molecular flexibility index (Phi) is 11.6. The minimum atomic E-state index is -3.84. The van der Waals surface area contributed by atoms with Gasteiger partial charge in [-0.15, -0.1) is 0 Å². The van der Waals surface area contributed by atoms with E-state index in [9.17, 15) is 18.0 Å². The summed E-state index contributed by atoms with van der Waals surface area (Å²) in [5, 5.41) is 3.65. The first kappa shape index (κ1) is 32.4. The molecule has 1 atom stereocenters. The average molecular weight is 619 g/mol. The predicted octanol–water partition coefficient (Wildman–Crippen LogP) is 5.93. The van der Waals surface area contributed by atoms with E-state index in [-0.39, 0.29) is 18.9 Å². The Morgan fingerprint density at radius 2 is 1.56 bits per heavy atom. The highest BCUT2D eigenvalue weighted by Gasteiger charge is 2.33. The summed E-state index contributed by atoms with van der Waals surface area (Å²) in [6.45, 7) is 5.78. The number of sulfonamides is 1. The Morgan fingerprint density at radius 1 is 0.902 bits per heavy atom. The number of halogens is 2. The van der Waals surface area contributed by atoms with Gasteiger partial charge in [0.25, 0.3) is 0 Å². The third kappa shape index (κ3) is 9.48. The van der Waals surface area contributed by atoms with E-state index in [2.05, 4.69) is 5.32 Å². The lowest BCUT2D eigenvalue weighted by Crippen LogP contribution is -2.53. The predicted molar refractivity (Wildman–Crippen MR) is 167 cm³/mol. The highest BCUT2D eigenvalue weighted by molar-refractivity contribution is 7.92. The van der Waals surface area contributed by atoms with Crippen molar-refractivity contribution < 1.29 is 18.0 Å². The summed E-state index contributed by atoms with van der Waals surface area (Å²) in [6.07, 6.45) is 3.00. The summed E-state index contributed by atoms with van der Waals surface area (Å²) in [5.74, 6) is -0.833. The minimum Gasteiger partial charge on any atom is -0.354 e. The van der Waals surface area contributed by atoms with Crippen molar-refractivity contribution >= 4 is 50.7 Å². The number of rotatable bonds is 13. The molecule has 0 aliphatic carbocycles. The van der Waals surface area contributed by atoms with Crippen molar-refractivity contribution in [3.63, 3.8) is 0 Å². The monoisotopic (exact) mass is 617 g/mol. The summed E-state index contributed by atoms with van der Waals surface area (Å²) in [5.41, 5.74) is 3.64. The van der Waals surface area contributed by atoms with E-state index in [4.69, 9.17) is 23.2 Å². The maximum absolute atomic E-state index is 14.1. The zero-order valence-electron chi connectivity index (χ0n) is 23.9. The van der Waals surface area contributed by atoms with Crippen LogP contribution in [-0.2, 0) is 32.6 Å². The van der Waals surface area contributed by atoms with Gasteiger partial charge in [0, 0.05) is 19.5 Å². The zero-order valence-corrected chi connectivity index (χ0v) is 26.2. The summed E-state index contributed by atoms with van der Waals surface area (Å²) in [4.78, 5) is 29.2. The fourth-order valence-electron chi connectivity index (χ4n) is 4.60. The van der Waals surface area contributed by atoms with Crippen LogP contribution in [0.1, 0.15) is 42.0 Å². The number of anilines is 1. The van der Waals surface area contributed by atoms with Crippen LogP contribution in [0.3, 0.4) is 0 Å². The third-order valence-electron chi connectivity index (χ3n) is 6.61. The molecule has 10 heteroatoms. The van der Waals surface area contributed by atoms with Crippen molar-refractivity contribution in [1.82, 2.24) is 10.2 Å². The SMILES string of the molecule is CCCCNC(=O)[C@@H](Cc1ccccc1)N(Cc1ccc(Cl)c(Cl)c1)C(=O)CN(c1cc(C)cc(C)c1)S(C)(=O)=O. The number of hydrogen-bond acceptors (Lipinski definition) is 4. The number of nitrogens with zero attached hydrogens (tertiary/aromatic N) is 2. The van der Waals surface area contributed by atoms with Gasteiger partial charge in [-0.25, -0.2) is 8.42 Å². The molecular weight excluding hydrogens is 581 g/mol. The van der Waals surface area contributed by atoms with Crippen LogP contribution in [0.15, 0.2) is 66.7 Å². The number of unbranched alkanes of at least 4 members (excludes halogenated alkanes) is 1. The molecule has 0 saturated heterocycles. The number of benzene rings is 3. The van der Waals surface area contributed by atoms with Crippen LogP contribution in [0.25, 0.3) is 0 Å². The second-order valence-corrected chi connectivity index (χ2v) is 13.0. The molecule has 0 fully saturated rings. The van der Waals surface area contributed by atoms with Crippen LogP contribution < -0.4 is 9.62 Å². The molecule has 1 N–H and O–H groups in total. The molecule has 0 unspecified atom stereocenters. The molecule has 0 aliphatic heterocycles. The lowest BCUT2D eigenvalue weighted by molar-refractivity contribution is -0.140. The van der Waals surface area contributed by atoms with Crippen molar-refractivity contribution in [2.75, 3.05) is 23.7 Å². The quantitative estimate of drug-likeness (QED) is 0.241. The van der Waals surface area contributed by atoms with Crippen LogP contribution in [0, 0.1) is 13.8 Å². The van der Waals surface area contributed by atoms with Crippen molar-refractivity contribution in [2.24, 2.45) is 0 Å². The Labute approximate surface area is 253 Å². The molecule has 3 rings (SSSR count). The maximum Gasteiger partial charge on any atom is 0.244 e. The number of hydrogen-bond donors (Lipinski definition) is 1. The van der Waals surface area contributed by atoms with Gasteiger partial charge in [0.05, 0.1) is 22.0 Å². The smallest absolute Gasteiger partial charge is 0.244 e. The molecule has 0 saturated carbocycles. The second-order valence-electron chi connectivity index (χ2n) is 10.2. The summed E-state index contributed by atoms with van der Waals surface area (Å²) < 4.78 is 27.0. The first-order chi connectivity index (χ1) is 19.4. The molecule has 0 aromatic heterocycles. The molecule has 0 spiro atoms. The van der Waals surface area contributed by atoms with Gasteiger partial charge in [-0.1, -0.05) is 79.0 Å². The summed E-state index contributed by atoms with van der Waals surface area (Å²) >= 11 is 12.4. The van der Waals surface area contributed by atoms with Crippen LogP contribution in [-0.4, -0.2) is 50.5 Å². The Hall–Kier alpha value is -3.07. The topological polar surface area (TPSA) is 86.8 Å². The largest absolute Gasteiger partial charge is 0.354 e. The van der Waals surface area contributed by atoms with Crippen LogP contribution >= 0.6 is 23.2 Å². The van der Waals surface area contributed by atoms with E-state index >= 15 is 0 Å². The molecule has 0 heterocycles. The molecule has 7 nitrogen and oxygen atoms in total. The van der Waals surface area contributed by atoms with Crippen LogP contribution in [0.4, 0.5) is 5.69 Å². The average Bonchev–Trinajstić information content (AvgIpc) is 2.90. The Balaban J connectivity index is 2.07. The Morgan fingerprint density at radius 3 is 2.15 bits per heavy atom. The van der Waals surface area contributed by atoms with Gasteiger partial charge in [-0.05, 0) is 66.8 Å². The molecular formula is C31H37Cl2N3O4S. The fourth-order valence-corrected chi connectivity index (χ4v) is 5.76. The van der Waals surface area contributed by atoms with Crippen molar-refractivity contribution in [3.05, 3.63) is 99.0 Å². The molecule has 0 radical (unpaired) electrons. The van der Waals surface area contributed by atoms with Gasteiger partial charge in [0.15, 0.2) is 0 Å². The Bertz CT molecular complexity index is 1450. The van der Waals surface area contributed by atoms with E-state index in [0.717, 1.165) is 40.1 Å². The summed E-state index contributed by atoms with van der Waals surface area (Å²) in [6, 6.07) is 18.9. The highest BCUT2D eigenvalue weighted by Crippen LogP contribution is 2.26. The highest BCUT2D eigenvalue weighted by atomic mass is 35.5. The van der Waals surface area contributed by atoms with E-state index < -0.39 is 28.5 Å². The van der Waals surface area contributed by atoms with Gasteiger partial charge in [0.2, 0.25) is 21.8 Å². The lowest BCUT2D eigenvalue weighted by Gasteiger charge is -2.33. The van der Waals surface area contributed by atoms with E-state index in [1.807, 2.05) is 57.2 Å². The normalized spacial score (nSPS) is 12.0. The van der Waals surface area contributed by atoms with Crippen molar-refractivity contribution in [3.8, 4) is 0 Å². The van der Waals surface area contributed by atoms with Crippen molar-refractivity contribution in [2.45, 2.75) is 52.6 Å². The number of nitrogens with one attached hydrogen (secondary N) is 1. The number of carbonyl (C=O) groups is 2. The van der Waals surface area contributed by atoms with Crippen LogP contribution in [0.2, 0.25) is 10.0 Å². The van der Waals surface area contributed by atoms with Gasteiger partial charge in [-0.2, -0.15) is 0 Å². The number of carbonyl (C=O) groups excluding carboxylic acids is 2. The van der Waals surface area contributed by atoms with Gasteiger partial charge in [0.1, 0.15) is 12.6 Å². The van der Waals surface area contributed by atoms with Crippen LogP contribution in [0.5, 0.6) is 0 Å². The minimum absolute atomic E-state index is 0.0267. The molecule has 0 bridgehead atoms. The van der Waals surface area contributed by atoms with E-state index in [1.165, 1.54) is 4.90 Å². The zero-order chi connectivity index (χ0) is 30.2. The van der Waals surface area contributed by atoms with E-state index in [1.54, 1.807) is 30.3 Å². The van der Waals surface area contributed by atoms with Gasteiger partial charge in [-0.3, -0.25) is 13.9 Å². The van der Waals surface area contributed by atoms with Gasteiger partial charge < -0.3 is 10.2 Å². The second kappa shape index (κ2) is 14.7. The third-order valence-corrected chi connectivity index (χ3v) is 8.49. The molecule has 220 valence electrons. The van der Waals surface area contributed by atoms with Gasteiger partial charge >= 0.3 is 0 Å². The van der Waals surface area contributed by atoms with Crippen molar-refractivity contribution in [1.29, 1.82) is 0 Å². The fraction of sp³-hybridized carbons (Fsp3) is 0.355. The first-order valence-electron chi connectivity index (χ1n) is 13.5. The summed E-state index contributed by atoms with van der Waals surface area (Å²) in [7, 11) is -3.84. The maximum atomic E-state index is 14.1. The van der Waals surface area contributed by atoms with E-state index in [0.29, 0.717) is 27.8 Å². The number of aryl methyl sites for hydroxylation is 2. The molecule has 41 heavy (non-hydrogen) atoms. The molecule has 2 amide bonds. The lowest BCUT2D eigenvalue weighted by atomic mass is 10.0. The standard InChI is InChI=1S/C31H37Cl2N3O4S/c1-5-6-14-34-31(38)29(19-24-10-8-7-9-11-24)35(20-25-12-13-27(32)28(33)18-25)30(37)21-36(41(4,39)40)26-16-22(2)15-23(3)17-26/h7-13,15-18,29H,5-6,14,19-21H2,1-4H3,(H,34,38)/t29-/m1/s1. The first-order valence-corrected chi connectivity index (χ1v) is 16.1. The molecule has 3 aromatic carbocycles. The molecule has 3 aromatic rings. The molecule has 0 aliphatic rings.